The molecule has 0 aliphatic carbocycles. The van der Waals surface area contributed by atoms with Crippen molar-refractivity contribution < 1.29 is 13.5 Å². The predicted octanol–water partition coefficient (Wildman–Crippen LogP) is 4.01. The van der Waals surface area contributed by atoms with Crippen LogP contribution in [0.1, 0.15) is 0 Å². The number of benzene rings is 1. The Labute approximate surface area is 101 Å². The van der Waals surface area contributed by atoms with Crippen LogP contribution in [0, 0.1) is 5.82 Å². The minimum Gasteiger partial charge on any atom is -0.495 e. The number of hydrogen-bond donors (Lipinski definition) is 1. The van der Waals surface area contributed by atoms with E-state index in [1.807, 2.05) is 0 Å². The van der Waals surface area contributed by atoms with Gasteiger partial charge in [0.2, 0.25) is 0 Å². The summed E-state index contributed by atoms with van der Waals surface area (Å²) in [6.45, 7) is 3.54. The standard InChI is InChI=1S/C11H10BrF2NO/c1-7(3-4-13)15-10-6-9(14)8(12)5-11(10)16-2/h3-6,15H,1H2,2H3/b4-3+. The first kappa shape index (κ1) is 12.7. The Balaban J connectivity index is 3.03. The van der Waals surface area contributed by atoms with Gasteiger partial charge in [0.1, 0.15) is 11.6 Å². The summed E-state index contributed by atoms with van der Waals surface area (Å²) >= 11 is 3.04. The first-order valence-electron chi connectivity index (χ1n) is 4.34. The van der Waals surface area contributed by atoms with Crippen LogP contribution in [0.2, 0.25) is 0 Å². The van der Waals surface area contributed by atoms with Gasteiger partial charge in [-0.2, -0.15) is 0 Å². The molecule has 0 atom stereocenters. The minimum absolute atomic E-state index is 0.293. The van der Waals surface area contributed by atoms with Gasteiger partial charge in [0.25, 0.3) is 0 Å². The highest BCUT2D eigenvalue weighted by Crippen LogP contribution is 2.31. The summed E-state index contributed by atoms with van der Waals surface area (Å²) in [5.74, 6) is -0.0120. The van der Waals surface area contributed by atoms with Crippen LogP contribution in [0.25, 0.3) is 0 Å². The molecule has 0 heterocycles. The smallest absolute Gasteiger partial charge is 0.143 e. The number of anilines is 1. The molecule has 86 valence electrons. The van der Waals surface area contributed by atoms with Gasteiger partial charge in [-0.05, 0) is 28.1 Å². The van der Waals surface area contributed by atoms with Gasteiger partial charge in [-0.25, -0.2) is 8.78 Å². The van der Waals surface area contributed by atoms with Crippen molar-refractivity contribution in [3.63, 3.8) is 0 Å². The Bertz CT molecular complexity index is 432. The summed E-state index contributed by atoms with van der Waals surface area (Å²) < 4.78 is 30.5. The topological polar surface area (TPSA) is 21.3 Å². The molecule has 0 amide bonds. The van der Waals surface area contributed by atoms with E-state index in [0.29, 0.717) is 27.9 Å². The molecule has 0 bridgehead atoms. The van der Waals surface area contributed by atoms with Gasteiger partial charge in [-0.15, -0.1) is 0 Å². The molecule has 1 aromatic rings. The summed E-state index contributed by atoms with van der Waals surface area (Å²) in [7, 11) is 1.46. The van der Waals surface area contributed by atoms with Crippen molar-refractivity contribution in [3.05, 3.63) is 47.1 Å². The van der Waals surface area contributed by atoms with Gasteiger partial charge in [0.05, 0.1) is 23.6 Å². The number of allylic oxidation sites excluding steroid dienone is 1. The van der Waals surface area contributed by atoms with Crippen molar-refractivity contribution in [1.82, 2.24) is 0 Å². The maximum atomic E-state index is 13.3. The fraction of sp³-hybridized carbons (Fsp3) is 0.0909. The minimum atomic E-state index is -0.444. The van der Waals surface area contributed by atoms with Gasteiger partial charge in [0, 0.05) is 11.8 Å². The van der Waals surface area contributed by atoms with Crippen molar-refractivity contribution in [1.29, 1.82) is 0 Å². The quantitative estimate of drug-likeness (QED) is 0.846. The van der Waals surface area contributed by atoms with Crippen LogP contribution in [0.3, 0.4) is 0 Å². The van der Waals surface area contributed by atoms with Crippen molar-refractivity contribution >= 4 is 21.6 Å². The lowest BCUT2D eigenvalue weighted by molar-refractivity contribution is 0.415. The van der Waals surface area contributed by atoms with Gasteiger partial charge in [-0.3, -0.25) is 0 Å². The highest BCUT2D eigenvalue weighted by Gasteiger charge is 2.08. The van der Waals surface area contributed by atoms with E-state index >= 15 is 0 Å². The molecule has 5 heteroatoms. The van der Waals surface area contributed by atoms with E-state index in [2.05, 4.69) is 27.8 Å². The summed E-state index contributed by atoms with van der Waals surface area (Å²) in [5.41, 5.74) is 0.675. The fourth-order valence-electron chi connectivity index (χ4n) is 1.09. The molecule has 0 radical (unpaired) electrons. The zero-order chi connectivity index (χ0) is 12.1. The molecular weight excluding hydrogens is 280 g/mol. The third-order valence-corrected chi connectivity index (χ3v) is 2.41. The van der Waals surface area contributed by atoms with Crippen molar-refractivity contribution in [2.75, 3.05) is 12.4 Å². The molecule has 0 aliphatic rings. The first-order valence-corrected chi connectivity index (χ1v) is 5.13. The molecule has 1 rings (SSSR count). The van der Waals surface area contributed by atoms with Gasteiger partial charge >= 0.3 is 0 Å². The van der Waals surface area contributed by atoms with Crippen LogP contribution in [0.5, 0.6) is 5.75 Å². The highest BCUT2D eigenvalue weighted by molar-refractivity contribution is 9.10. The lowest BCUT2D eigenvalue weighted by Crippen LogP contribution is -1.99. The van der Waals surface area contributed by atoms with Gasteiger partial charge < -0.3 is 10.1 Å². The average Bonchev–Trinajstić information content (AvgIpc) is 2.23. The molecule has 0 saturated heterocycles. The maximum absolute atomic E-state index is 13.3. The second-order valence-corrected chi connectivity index (χ2v) is 3.76. The Kier molecular flexibility index (Phi) is 4.49. The highest BCUT2D eigenvalue weighted by atomic mass is 79.9. The molecule has 0 unspecified atom stereocenters. The summed E-state index contributed by atoms with van der Waals surface area (Å²) in [6.07, 6.45) is 1.47. The second kappa shape index (κ2) is 5.65. The molecule has 0 spiro atoms. The van der Waals surface area contributed by atoms with Crippen LogP contribution in [-0.2, 0) is 0 Å². The Morgan fingerprint density at radius 1 is 1.56 bits per heavy atom. The number of nitrogens with one attached hydrogen (secondary N) is 1. The van der Waals surface area contributed by atoms with E-state index in [-0.39, 0.29) is 0 Å². The number of methoxy groups -OCH3 is 1. The largest absolute Gasteiger partial charge is 0.495 e. The molecule has 1 N–H and O–H groups in total. The molecule has 1 aromatic carbocycles. The van der Waals surface area contributed by atoms with Crippen LogP contribution < -0.4 is 10.1 Å². The summed E-state index contributed by atoms with van der Waals surface area (Å²) in [4.78, 5) is 0. The zero-order valence-electron chi connectivity index (χ0n) is 8.56. The SMILES string of the molecule is C=C(/C=C/F)Nc1cc(F)c(Br)cc1OC. The third-order valence-electron chi connectivity index (χ3n) is 1.80. The monoisotopic (exact) mass is 289 g/mol. The van der Waals surface area contributed by atoms with E-state index in [4.69, 9.17) is 4.74 Å². The van der Waals surface area contributed by atoms with E-state index < -0.39 is 5.82 Å². The predicted molar refractivity (Wildman–Crippen MR) is 63.7 cm³/mol. The number of rotatable bonds is 4. The molecule has 16 heavy (non-hydrogen) atoms. The van der Waals surface area contributed by atoms with Crippen LogP contribution in [0.15, 0.2) is 41.3 Å². The zero-order valence-corrected chi connectivity index (χ0v) is 10.1. The summed E-state index contributed by atoms with van der Waals surface area (Å²) in [5, 5.41) is 2.72. The Morgan fingerprint density at radius 3 is 2.81 bits per heavy atom. The number of hydrogen-bond acceptors (Lipinski definition) is 2. The molecule has 0 fully saturated rings. The molecular formula is C11H10BrF2NO. The third kappa shape index (κ3) is 3.06. The Morgan fingerprint density at radius 2 is 2.25 bits per heavy atom. The van der Waals surface area contributed by atoms with Crippen molar-refractivity contribution in [2.24, 2.45) is 0 Å². The lowest BCUT2D eigenvalue weighted by Gasteiger charge is -2.11. The summed E-state index contributed by atoms with van der Waals surface area (Å²) in [6, 6.07) is 2.71. The van der Waals surface area contributed by atoms with Crippen molar-refractivity contribution in [2.45, 2.75) is 0 Å². The normalized spacial score (nSPS) is 10.5. The van der Waals surface area contributed by atoms with Crippen LogP contribution in [0.4, 0.5) is 14.5 Å². The van der Waals surface area contributed by atoms with Crippen LogP contribution >= 0.6 is 15.9 Å². The fourth-order valence-corrected chi connectivity index (χ4v) is 1.41. The lowest BCUT2D eigenvalue weighted by atomic mass is 10.2. The molecule has 0 aromatic heterocycles. The van der Waals surface area contributed by atoms with E-state index in [1.165, 1.54) is 19.2 Å². The number of halogens is 3. The van der Waals surface area contributed by atoms with E-state index in [0.717, 1.165) is 6.08 Å². The van der Waals surface area contributed by atoms with Crippen LogP contribution in [-0.4, -0.2) is 7.11 Å². The van der Waals surface area contributed by atoms with Crippen molar-refractivity contribution in [3.8, 4) is 5.75 Å². The van der Waals surface area contributed by atoms with Gasteiger partial charge in [0.15, 0.2) is 0 Å². The second-order valence-electron chi connectivity index (χ2n) is 2.91. The average molecular weight is 290 g/mol. The maximum Gasteiger partial charge on any atom is 0.143 e. The Hall–Kier alpha value is -1.36. The van der Waals surface area contributed by atoms with E-state index in [1.54, 1.807) is 0 Å². The molecule has 0 saturated carbocycles. The number of ether oxygens (including phenoxy) is 1. The first-order chi connectivity index (χ1) is 7.58. The molecule has 2 nitrogen and oxygen atoms in total. The van der Waals surface area contributed by atoms with E-state index in [9.17, 15) is 8.78 Å². The van der Waals surface area contributed by atoms with Gasteiger partial charge in [-0.1, -0.05) is 6.58 Å². The molecule has 0 aliphatic heterocycles.